The van der Waals surface area contributed by atoms with Gasteiger partial charge in [-0.1, -0.05) is 42.6 Å². The molecule has 33 heavy (non-hydrogen) atoms. The average Bonchev–Trinajstić information content (AvgIpc) is 3.25. The van der Waals surface area contributed by atoms with E-state index in [9.17, 15) is 5.11 Å². The van der Waals surface area contributed by atoms with Gasteiger partial charge < -0.3 is 14.8 Å². The van der Waals surface area contributed by atoms with Gasteiger partial charge in [0.05, 0.1) is 30.7 Å². The molecule has 2 N–H and O–H groups in total. The molecule has 5 heteroatoms. The van der Waals surface area contributed by atoms with Crippen LogP contribution in [0.5, 0.6) is 5.75 Å². The Kier molecular flexibility index (Phi) is 7.01. The van der Waals surface area contributed by atoms with Crippen LogP contribution in [0.4, 0.5) is 0 Å². The maximum absolute atomic E-state index is 10.3. The van der Waals surface area contributed by atoms with Gasteiger partial charge in [-0.3, -0.25) is 0 Å². The van der Waals surface area contributed by atoms with Crippen molar-refractivity contribution < 1.29 is 9.84 Å². The summed E-state index contributed by atoms with van der Waals surface area (Å²) in [4.78, 5) is 9.79. The largest absolute Gasteiger partial charge is 0.496 e. The molecule has 2 unspecified atom stereocenters. The summed E-state index contributed by atoms with van der Waals surface area (Å²) in [7, 11) is 1.87. The molecule has 4 rings (SSSR count). The lowest BCUT2D eigenvalue weighted by molar-refractivity contribution is 0.277. The second-order valence-corrected chi connectivity index (χ2v) is 10.5. The highest BCUT2D eigenvalue weighted by atomic mass is 32.2. The maximum atomic E-state index is 10.3. The Morgan fingerprint density at radius 3 is 2.48 bits per heavy atom. The van der Waals surface area contributed by atoms with Crippen LogP contribution in [-0.2, 0) is 0 Å². The molecule has 2 atom stereocenters. The van der Waals surface area contributed by atoms with Gasteiger partial charge in [-0.05, 0) is 73.0 Å². The number of hydrogen-bond acceptors (Lipinski definition) is 3. The number of ether oxygens (including phenoxy) is 1. The fourth-order valence-corrected chi connectivity index (χ4v) is 6.05. The summed E-state index contributed by atoms with van der Waals surface area (Å²) in [6.45, 7) is 8.56. The van der Waals surface area contributed by atoms with Crippen LogP contribution in [0.1, 0.15) is 42.3 Å². The van der Waals surface area contributed by atoms with Crippen molar-refractivity contribution in [1.29, 1.82) is 0 Å². The number of H-pyrrole nitrogens is 1. The number of nitrogens with one attached hydrogen (secondary N) is 1. The number of aliphatic hydroxyl groups excluding tert-OH is 1. The molecule has 172 valence electrons. The van der Waals surface area contributed by atoms with Crippen LogP contribution in [0.15, 0.2) is 59.5 Å². The fraction of sp³-hybridized carbons (Fsp3) is 0.286. The second kappa shape index (κ2) is 9.94. The zero-order chi connectivity index (χ0) is 23.5. The van der Waals surface area contributed by atoms with Gasteiger partial charge in [0.25, 0.3) is 0 Å². The summed E-state index contributed by atoms with van der Waals surface area (Å²) < 4.78 is 5.62. The summed E-state index contributed by atoms with van der Waals surface area (Å²) in [6.07, 6.45) is 0. The molecule has 0 amide bonds. The number of hydrogen-bond donors (Lipinski definition) is 2. The van der Waals surface area contributed by atoms with E-state index in [1.807, 2.05) is 18.2 Å². The Labute approximate surface area is 198 Å². The van der Waals surface area contributed by atoms with Crippen LogP contribution in [-0.4, -0.2) is 39.9 Å². The predicted octanol–water partition coefficient (Wildman–Crippen LogP) is 6.45. The predicted molar refractivity (Wildman–Crippen MR) is 141 cm³/mol. The first-order chi connectivity index (χ1) is 16.0. The Hall–Kier alpha value is -2.89. The number of fused-ring (bicyclic) bond motifs is 1. The van der Waals surface area contributed by atoms with Crippen molar-refractivity contribution in [2.45, 2.75) is 38.5 Å². The molecule has 0 aliphatic carbocycles. The van der Waals surface area contributed by atoms with Crippen molar-refractivity contribution >= 4 is 26.9 Å². The normalized spacial score (nSPS) is 13.4. The van der Waals surface area contributed by atoms with E-state index >= 15 is 0 Å². The van der Waals surface area contributed by atoms with Crippen LogP contribution in [0, 0.1) is 13.8 Å². The molecule has 1 heterocycles. The van der Waals surface area contributed by atoms with E-state index < -0.39 is 0 Å². The molecular weight excluding hydrogens is 428 g/mol. The molecule has 4 aromatic rings. The van der Waals surface area contributed by atoms with Gasteiger partial charge in [0.1, 0.15) is 11.6 Å². The number of aromatic nitrogens is 2. The molecule has 0 saturated heterocycles. The topological polar surface area (TPSA) is 58.1 Å². The molecule has 0 radical (unpaired) electrons. The number of aryl methyl sites for hydroxylation is 2. The van der Waals surface area contributed by atoms with Gasteiger partial charge in [0.15, 0.2) is 0 Å². The fourth-order valence-electron chi connectivity index (χ4n) is 4.62. The van der Waals surface area contributed by atoms with E-state index in [0.29, 0.717) is 0 Å². The van der Waals surface area contributed by atoms with E-state index in [-0.39, 0.29) is 23.0 Å². The maximum Gasteiger partial charge on any atom is 0.126 e. The molecule has 0 saturated carbocycles. The Bertz CT molecular complexity index is 1310. The minimum Gasteiger partial charge on any atom is -0.496 e. The first kappa shape index (κ1) is 23.3. The summed E-state index contributed by atoms with van der Waals surface area (Å²) in [5.74, 6) is 2.55. The molecule has 0 aliphatic heterocycles. The molecular formula is C28H32N2O2S. The van der Waals surface area contributed by atoms with Crippen molar-refractivity contribution in [2.24, 2.45) is 0 Å². The van der Waals surface area contributed by atoms with Gasteiger partial charge in [0, 0.05) is 10.5 Å². The Morgan fingerprint density at radius 1 is 1.12 bits per heavy atom. The lowest BCUT2D eigenvalue weighted by Gasteiger charge is -2.14. The van der Waals surface area contributed by atoms with Crippen LogP contribution < -0.4 is 4.74 Å². The van der Waals surface area contributed by atoms with Gasteiger partial charge in [-0.2, -0.15) is 10.5 Å². The van der Waals surface area contributed by atoms with Crippen molar-refractivity contribution in [3.8, 4) is 16.9 Å². The standard InChI is InChI=1S/C28H32N2O2S/c1-6-33(7-2)21-14-12-20(13-15-21)23(17-31)28-29-24-16-18(3)26(19(4)27(24)30-28)22-10-8-9-11-25(22)32-5/h6,8-16,23,31H,7,17H2,1-5H3,(H,29,30). The van der Waals surface area contributed by atoms with E-state index in [2.05, 4.69) is 74.4 Å². The number of nitrogens with zero attached hydrogens (tertiary/aromatic N) is 1. The van der Waals surface area contributed by atoms with E-state index in [4.69, 9.17) is 9.72 Å². The van der Waals surface area contributed by atoms with Crippen LogP contribution >= 0.6 is 10.5 Å². The summed E-state index contributed by atoms with van der Waals surface area (Å²) in [5, 5.41) is 12.5. The van der Waals surface area contributed by atoms with Crippen LogP contribution in [0.2, 0.25) is 0 Å². The number of para-hydroxylation sites is 1. The number of methoxy groups -OCH3 is 1. The molecule has 0 spiro atoms. The Balaban J connectivity index is 1.78. The number of rotatable bonds is 7. The smallest absolute Gasteiger partial charge is 0.126 e. The first-order valence-electron chi connectivity index (χ1n) is 11.4. The van der Waals surface area contributed by atoms with Gasteiger partial charge in [-0.25, -0.2) is 4.98 Å². The quantitative estimate of drug-likeness (QED) is 0.312. The summed E-state index contributed by atoms with van der Waals surface area (Å²) >= 11 is 0. The lowest BCUT2D eigenvalue weighted by atomic mass is 9.94. The van der Waals surface area contributed by atoms with Crippen molar-refractivity contribution in [3.63, 3.8) is 0 Å². The first-order valence-corrected chi connectivity index (χ1v) is 12.8. The third-order valence-electron chi connectivity index (χ3n) is 6.31. The third kappa shape index (κ3) is 4.35. The summed E-state index contributed by atoms with van der Waals surface area (Å²) in [5.41, 5.74) is 7.46. The van der Waals surface area contributed by atoms with Gasteiger partial charge in [-0.15, -0.1) is 0 Å². The minimum atomic E-state index is -0.199. The number of benzene rings is 3. The average molecular weight is 461 g/mol. The van der Waals surface area contributed by atoms with Gasteiger partial charge >= 0.3 is 0 Å². The monoisotopic (exact) mass is 460 g/mol. The van der Waals surface area contributed by atoms with E-state index in [0.717, 1.165) is 56.2 Å². The highest BCUT2D eigenvalue weighted by molar-refractivity contribution is 8.15. The van der Waals surface area contributed by atoms with Crippen molar-refractivity contribution in [2.75, 3.05) is 19.5 Å². The minimum absolute atomic E-state index is 0.00401. The van der Waals surface area contributed by atoms with Crippen molar-refractivity contribution in [3.05, 3.63) is 77.1 Å². The highest BCUT2D eigenvalue weighted by Crippen LogP contribution is 2.38. The third-order valence-corrected chi connectivity index (χ3v) is 8.37. The van der Waals surface area contributed by atoms with Crippen LogP contribution in [0.25, 0.3) is 22.2 Å². The SMILES string of the molecule is C/C=S(/CC)c1ccc(C(CO)c2nc3c(C)c(-c4ccccc4OC)c(C)cc3[nH]2)cc1. The molecule has 0 bridgehead atoms. The van der Waals surface area contributed by atoms with E-state index in [1.54, 1.807) is 7.11 Å². The number of aliphatic hydroxyl groups is 1. The lowest BCUT2D eigenvalue weighted by Crippen LogP contribution is -2.08. The highest BCUT2D eigenvalue weighted by Gasteiger charge is 2.21. The zero-order valence-corrected chi connectivity index (χ0v) is 20.8. The van der Waals surface area contributed by atoms with E-state index in [1.165, 1.54) is 4.90 Å². The number of aromatic amines is 1. The second-order valence-electron chi connectivity index (χ2n) is 8.17. The molecule has 1 aromatic heterocycles. The molecule has 0 aliphatic rings. The summed E-state index contributed by atoms with van der Waals surface area (Å²) in [6, 6.07) is 18.8. The molecule has 0 fully saturated rings. The molecule has 4 nitrogen and oxygen atoms in total. The van der Waals surface area contributed by atoms with Gasteiger partial charge in [0.2, 0.25) is 0 Å². The van der Waals surface area contributed by atoms with Crippen molar-refractivity contribution in [1.82, 2.24) is 9.97 Å². The van der Waals surface area contributed by atoms with Crippen LogP contribution in [0.3, 0.4) is 0 Å². The molecule has 3 aromatic carbocycles. The zero-order valence-electron chi connectivity index (χ0n) is 20.0. The Morgan fingerprint density at radius 2 is 1.85 bits per heavy atom. The number of imidazole rings is 1.